The van der Waals surface area contributed by atoms with Crippen LogP contribution in [0.1, 0.15) is 23.3 Å². The van der Waals surface area contributed by atoms with Gasteiger partial charge in [-0.2, -0.15) is 4.98 Å². The Labute approximate surface area is 144 Å². The fourth-order valence-corrected chi connectivity index (χ4v) is 4.84. The highest BCUT2D eigenvalue weighted by Gasteiger charge is 2.22. The number of benzene rings is 1. The maximum atomic E-state index is 12.7. The van der Waals surface area contributed by atoms with Gasteiger partial charge < -0.3 is 4.52 Å². The molecule has 0 aliphatic rings. The molecule has 8 heteroatoms. The number of anilines is 1. The largest absolute Gasteiger partial charge is 0.339 e. The summed E-state index contributed by atoms with van der Waals surface area (Å²) in [6, 6.07) is 8.92. The molecule has 2 aromatic heterocycles. The van der Waals surface area contributed by atoms with Crippen molar-refractivity contribution in [3.63, 3.8) is 0 Å². The molecule has 1 N–H and O–H groups in total. The normalized spacial score (nSPS) is 11.6. The third kappa shape index (κ3) is 3.34. The number of sulfonamides is 1. The Kier molecular flexibility index (Phi) is 4.42. The topological polar surface area (TPSA) is 85.1 Å². The number of hydrogen-bond acceptors (Lipinski definition) is 6. The number of aryl methyl sites for hydroxylation is 3. The van der Waals surface area contributed by atoms with Crippen LogP contribution >= 0.6 is 11.3 Å². The summed E-state index contributed by atoms with van der Waals surface area (Å²) < 4.78 is 32.9. The fourth-order valence-electron chi connectivity index (χ4n) is 2.26. The zero-order valence-corrected chi connectivity index (χ0v) is 15.2. The first-order valence-electron chi connectivity index (χ1n) is 7.42. The molecule has 0 bridgehead atoms. The first-order valence-corrected chi connectivity index (χ1v) is 9.72. The van der Waals surface area contributed by atoms with Crippen LogP contribution in [-0.4, -0.2) is 18.6 Å². The number of aromatic nitrogens is 2. The number of hydrogen-bond donors (Lipinski definition) is 1. The van der Waals surface area contributed by atoms with Crippen molar-refractivity contribution >= 4 is 27.0 Å². The van der Waals surface area contributed by atoms with Gasteiger partial charge in [-0.1, -0.05) is 24.2 Å². The smallest absolute Gasteiger partial charge is 0.263 e. The molecular formula is C16H17N3O3S2. The summed E-state index contributed by atoms with van der Waals surface area (Å²) in [6.07, 6.45) is 0.907. The first-order chi connectivity index (χ1) is 11.4. The van der Waals surface area contributed by atoms with Crippen LogP contribution in [0.5, 0.6) is 0 Å². The van der Waals surface area contributed by atoms with E-state index in [9.17, 15) is 8.42 Å². The lowest BCUT2D eigenvalue weighted by atomic mass is 10.2. The third-order valence-electron chi connectivity index (χ3n) is 3.52. The standard InChI is InChI=1S/C16H17N3O3S2/c1-4-12-5-7-13(8-6-12)19-24(20,21)15-9-14(23-10(15)2)16-17-11(3)22-18-16/h5-9,19H,4H2,1-3H3. The van der Waals surface area contributed by atoms with E-state index in [0.29, 0.717) is 27.2 Å². The molecule has 0 amide bonds. The lowest BCUT2D eigenvalue weighted by Gasteiger charge is -2.08. The molecule has 0 aliphatic heterocycles. The van der Waals surface area contributed by atoms with E-state index in [0.717, 1.165) is 12.0 Å². The molecule has 24 heavy (non-hydrogen) atoms. The third-order valence-corrected chi connectivity index (χ3v) is 6.21. The molecule has 126 valence electrons. The number of rotatable bonds is 5. The lowest BCUT2D eigenvalue weighted by molar-refractivity contribution is 0.394. The van der Waals surface area contributed by atoms with Crippen LogP contribution in [0.4, 0.5) is 5.69 Å². The van der Waals surface area contributed by atoms with E-state index in [-0.39, 0.29) is 4.90 Å². The summed E-state index contributed by atoms with van der Waals surface area (Å²) >= 11 is 1.32. The highest BCUT2D eigenvalue weighted by Crippen LogP contribution is 2.32. The van der Waals surface area contributed by atoms with E-state index in [1.807, 2.05) is 12.1 Å². The lowest BCUT2D eigenvalue weighted by Crippen LogP contribution is -2.13. The fraction of sp³-hybridized carbons (Fsp3) is 0.250. The summed E-state index contributed by atoms with van der Waals surface area (Å²) in [5, 5.41) is 3.83. The van der Waals surface area contributed by atoms with Crippen molar-refractivity contribution in [3.8, 4) is 10.7 Å². The molecule has 2 heterocycles. The zero-order valence-electron chi connectivity index (χ0n) is 13.5. The second-order valence-corrected chi connectivity index (χ2v) is 8.23. The van der Waals surface area contributed by atoms with Crippen LogP contribution in [0.15, 0.2) is 39.8 Å². The van der Waals surface area contributed by atoms with Gasteiger partial charge in [0.05, 0.1) is 4.88 Å². The summed E-state index contributed by atoms with van der Waals surface area (Å²) in [6.45, 7) is 5.50. The van der Waals surface area contributed by atoms with Crippen LogP contribution in [0, 0.1) is 13.8 Å². The molecule has 0 saturated heterocycles. The molecule has 1 aromatic carbocycles. The summed E-state index contributed by atoms with van der Waals surface area (Å²) in [5.41, 5.74) is 1.69. The van der Waals surface area contributed by atoms with Crippen LogP contribution in [0.2, 0.25) is 0 Å². The van der Waals surface area contributed by atoms with Gasteiger partial charge in [0.25, 0.3) is 10.0 Å². The van der Waals surface area contributed by atoms with Crippen molar-refractivity contribution in [3.05, 3.63) is 46.7 Å². The second-order valence-electron chi connectivity index (χ2n) is 5.32. The number of thiophene rings is 1. The predicted molar refractivity (Wildman–Crippen MR) is 93.7 cm³/mol. The molecule has 0 unspecified atom stereocenters. The Morgan fingerprint density at radius 1 is 1.21 bits per heavy atom. The Balaban J connectivity index is 1.90. The van der Waals surface area contributed by atoms with Gasteiger partial charge in [0, 0.05) is 17.5 Å². The van der Waals surface area contributed by atoms with Crippen LogP contribution < -0.4 is 4.72 Å². The molecule has 0 fully saturated rings. The van der Waals surface area contributed by atoms with E-state index >= 15 is 0 Å². The van der Waals surface area contributed by atoms with Crippen molar-refractivity contribution < 1.29 is 12.9 Å². The van der Waals surface area contributed by atoms with Crippen molar-refractivity contribution in [1.82, 2.24) is 10.1 Å². The zero-order chi connectivity index (χ0) is 17.3. The average Bonchev–Trinajstić information content (AvgIpc) is 3.14. The summed E-state index contributed by atoms with van der Waals surface area (Å²) in [5.74, 6) is 0.837. The van der Waals surface area contributed by atoms with Crippen molar-refractivity contribution in [2.75, 3.05) is 4.72 Å². The molecule has 0 atom stereocenters. The van der Waals surface area contributed by atoms with Gasteiger partial charge in [-0.15, -0.1) is 11.3 Å². The van der Waals surface area contributed by atoms with E-state index < -0.39 is 10.0 Å². The Morgan fingerprint density at radius 3 is 2.50 bits per heavy atom. The van der Waals surface area contributed by atoms with E-state index in [1.54, 1.807) is 32.0 Å². The highest BCUT2D eigenvalue weighted by molar-refractivity contribution is 7.93. The van der Waals surface area contributed by atoms with E-state index in [2.05, 4.69) is 21.8 Å². The van der Waals surface area contributed by atoms with Gasteiger partial charge in [-0.05, 0) is 37.1 Å². The van der Waals surface area contributed by atoms with Gasteiger partial charge >= 0.3 is 0 Å². The van der Waals surface area contributed by atoms with Crippen molar-refractivity contribution in [1.29, 1.82) is 0 Å². The monoisotopic (exact) mass is 363 g/mol. The second kappa shape index (κ2) is 6.37. The van der Waals surface area contributed by atoms with Crippen molar-refractivity contribution in [2.45, 2.75) is 32.1 Å². The summed E-state index contributed by atoms with van der Waals surface area (Å²) in [7, 11) is -3.67. The molecule has 0 aliphatic carbocycles. The molecule has 3 aromatic rings. The Morgan fingerprint density at radius 2 is 1.92 bits per heavy atom. The van der Waals surface area contributed by atoms with Crippen LogP contribution in [0.25, 0.3) is 10.7 Å². The summed E-state index contributed by atoms with van der Waals surface area (Å²) in [4.78, 5) is 5.69. The molecule has 0 saturated carbocycles. The Hall–Kier alpha value is -2.19. The molecular weight excluding hydrogens is 346 g/mol. The maximum absolute atomic E-state index is 12.7. The molecule has 3 rings (SSSR count). The Bertz CT molecular complexity index is 957. The quantitative estimate of drug-likeness (QED) is 0.746. The van der Waals surface area contributed by atoms with E-state index in [4.69, 9.17) is 4.52 Å². The average molecular weight is 363 g/mol. The minimum Gasteiger partial charge on any atom is -0.339 e. The molecule has 6 nitrogen and oxygen atoms in total. The first kappa shape index (κ1) is 16.7. The molecule has 0 spiro atoms. The maximum Gasteiger partial charge on any atom is 0.263 e. The minimum absolute atomic E-state index is 0.226. The van der Waals surface area contributed by atoms with Gasteiger partial charge in [-0.25, -0.2) is 8.42 Å². The van der Waals surface area contributed by atoms with Crippen molar-refractivity contribution in [2.24, 2.45) is 0 Å². The van der Waals surface area contributed by atoms with Gasteiger partial charge in [0.2, 0.25) is 11.7 Å². The van der Waals surface area contributed by atoms with Gasteiger partial charge in [-0.3, -0.25) is 4.72 Å². The number of nitrogens with zero attached hydrogens (tertiary/aromatic N) is 2. The van der Waals surface area contributed by atoms with Crippen LogP contribution in [0.3, 0.4) is 0 Å². The highest BCUT2D eigenvalue weighted by atomic mass is 32.2. The molecule has 0 radical (unpaired) electrons. The minimum atomic E-state index is -3.67. The predicted octanol–water partition coefficient (Wildman–Crippen LogP) is 3.78. The van der Waals surface area contributed by atoms with E-state index in [1.165, 1.54) is 11.3 Å². The SMILES string of the molecule is CCc1ccc(NS(=O)(=O)c2cc(-c3noc(C)n3)sc2C)cc1. The van der Waals surface area contributed by atoms with Gasteiger partial charge in [0.1, 0.15) is 4.90 Å². The van der Waals surface area contributed by atoms with Crippen LogP contribution in [-0.2, 0) is 16.4 Å². The number of nitrogens with one attached hydrogen (secondary N) is 1. The van der Waals surface area contributed by atoms with Gasteiger partial charge in [0.15, 0.2) is 0 Å².